The zero-order valence-corrected chi connectivity index (χ0v) is 13.5. The number of likely N-dealkylation sites (tertiary alicyclic amines) is 1. The molecule has 1 heterocycles. The highest BCUT2D eigenvalue weighted by Crippen LogP contribution is 2.29. The van der Waals surface area contributed by atoms with Gasteiger partial charge in [0.15, 0.2) is 0 Å². The van der Waals surface area contributed by atoms with Crippen LogP contribution in [-0.2, 0) is 0 Å². The molecule has 118 valence electrons. The fourth-order valence-electron chi connectivity index (χ4n) is 3.04. The predicted octanol–water partition coefficient (Wildman–Crippen LogP) is 3.69. The number of nitrogens with zero attached hydrogens (tertiary/aromatic N) is 1. The van der Waals surface area contributed by atoms with Gasteiger partial charge in [0.25, 0.3) is 0 Å². The highest BCUT2D eigenvalue weighted by atomic mass is 16.5. The number of benzene rings is 1. The number of hydrogen-bond donors (Lipinski definition) is 1. The van der Waals surface area contributed by atoms with Crippen molar-refractivity contribution < 1.29 is 9.84 Å². The van der Waals surface area contributed by atoms with E-state index in [-0.39, 0.29) is 0 Å². The molecule has 1 N–H and O–H groups in total. The Labute approximate surface area is 128 Å². The number of rotatable bonds is 6. The van der Waals surface area contributed by atoms with Crippen molar-refractivity contribution in [3.63, 3.8) is 0 Å². The van der Waals surface area contributed by atoms with E-state index in [0.717, 1.165) is 24.3 Å². The van der Waals surface area contributed by atoms with Crippen LogP contribution in [0.1, 0.15) is 56.3 Å². The van der Waals surface area contributed by atoms with Crippen molar-refractivity contribution >= 4 is 0 Å². The third-order valence-corrected chi connectivity index (χ3v) is 4.24. The first-order chi connectivity index (χ1) is 10.2. The standard InChI is InChI=1S/C18H29NO2/c1-3-21-18-9-8-15(2)14-16(18)17(20)10-13-19-11-6-4-5-7-12-19/h8-9,14,17,20H,3-7,10-13H2,1-2H3. The molecule has 0 saturated carbocycles. The Kier molecular flexibility index (Phi) is 6.52. The summed E-state index contributed by atoms with van der Waals surface area (Å²) in [5.41, 5.74) is 2.11. The van der Waals surface area contributed by atoms with Crippen LogP contribution in [0.5, 0.6) is 5.75 Å². The molecule has 1 atom stereocenters. The molecular weight excluding hydrogens is 262 g/mol. The fraction of sp³-hybridized carbons (Fsp3) is 0.667. The molecule has 1 aromatic rings. The summed E-state index contributed by atoms with van der Waals surface area (Å²) in [6.45, 7) is 8.00. The van der Waals surface area contributed by atoms with Gasteiger partial charge in [-0.3, -0.25) is 0 Å². The van der Waals surface area contributed by atoms with E-state index in [0.29, 0.717) is 6.61 Å². The Morgan fingerprint density at radius 1 is 1.19 bits per heavy atom. The van der Waals surface area contributed by atoms with Gasteiger partial charge in [-0.2, -0.15) is 0 Å². The zero-order chi connectivity index (χ0) is 15.1. The zero-order valence-electron chi connectivity index (χ0n) is 13.5. The van der Waals surface area contributed by atoms with Gasteiger partial charge in [0, 0.05) is 12.1 Å². The highest BCUT2D eigenvalue weighted by Gasteiger charge is 2.16. The first-order valence-electron chi connectivity index (χ1n) is 8.34. The molecule has 1 saturated heterocycles. The van der Waals surface area contributed by atoms with Gasteiger partial charge >= 0.3 is 0 Å². The average Bonchev–Trinajstić information content (AvgIpc) is 2.75. The highest BCUT2D eigenvalue weighted by molar-refractivity contribution is 5.38. The monoisotopic (exact) mass is 291 g/mol. The molecule has 3 heteroatoms. The molecule has 0 aromatic heterocycles. The van der Waals surface area contributed by atoms with Crippen molar-refractivity contribution in [2.75, 3.05) is 26.2 Å². The van der Waals surface area contributed by atoms with Crippen LogP contribution in [0.25, 0.3) is 0 Å². The summed E-state index contributed by atoms with van der Waals surface area (Å²) < 4.78 is 5.65. The largest absolute Gasteiger partial charge is 0.493 e. The molecule has 1 unspecified atom stereocenters. The second kappa shape index (κ2) is 8.40. The number of ether oxygens (including phenoxy) is 1. The van der Waals surface area contributed by atoms with Crippen molar-refractivity contribution in [2.45, 2.75) is 52.1 Å². The maximum atomic E-state index is 10.5. The first kappa shape index (κ1) is 16.3. The second-order valence-electron chi connectivity index (χ2n) is 6.03. The van der Waals surface area contributed by atoms with Crippen LogP contribution in [0, 0.1) is 6.92 Å². The van der Waals surface area contributed by atoms with Gasteiger partial charge in [0.05, 0.1) is 12.7 Å². The van der Waals surface area contributed by atoms with Crippen molar-refractivity contribution in [3.8, 4) is 5.75 Å². The normalized spacial score (nSPS) is 18.2. The minimum atomic E-state index is -0.435. The van der Waals surface area contributed by atoms with Gasteiger partial charge < -0.3 is 14.7 Å². The summed E-state index contributed by atoms with van der Waals surface area (Å²) in [6.07, 6.45) is 5.64. The van der Waals surface area contributed by atoms with Crippen LogP contribution in [0.4, 0.5) is 0 Å². The number of aryl methyl sites for hydroxylation is 1. The molecule has 1 aromatic carbocycles. The minimum absolute atomic E-state index is 0.435. The van der Waals surface area contributed by atoms with Crippen LogP contribution >= 0.6 is 0 Å². The Bertz CT molecular complexity index is 425. The molecule has 0 bridgehead atoms. The van der Waals surface area contributed by atoms with E-state index in [4.69, 9.17) is 4.74 Å². The Balaban J connectivity index is 1.95. The topological polar surface area (TPSA) is 32.7 Å². The molecule has 2 rings (SSSR count). The molecular formula is C18H29NO2. The van der Waals surface area contributed by atoms with E-state index in [9.17, 15) is 5.11 Å². The maximum Gasteiger partial charge on any atom is 0.125 e. The van der Waals surface area contributed by atoms with E-state index >= 15 is 0 Å². The smallest absolute Gasteiger partial charge is 0.125 e. The Hall–Kier alpha value is -1.06. The van der Waals surface area contributed by atoms with Gasteiger partial charge in [-0.05, 0) is 58.3 Å². The Morgan fingerprint density at radius 2 is 1.90 bits per heavy atom. The summed E-state index contributed by atoms with van der Waals surface area (Å²) in [7, 11) is 0. The summed E-state index contributed by atoms with van der Waals surface area (Å²) in [6, 6.07) is 6.07. The van der Waals surface area contributed by atoms with E-state index in [1.807, 2.05) is 19.1 Å². The van der Waals surface area contributed by atoms with Gasteiger partial charge in [-0.15, -0.1) is 0 Å². The molecule has 3 nitrogen and oxygen atoms in total. The maximum absolute atomic E-state index is 10.5. The van der Waals surface area contributed by atoms with Gasteiger partial charge in [-0.1, -0.05) is 24.5 Å². The van der Waals surface area contributed by atoms with E-state index in [1.165, 1.54) is 44.3 Å². The fourth-order valence-corrected chi connectivity index (χ4v) is 3.04. The molecule has 1 fully saturated rings. The van der Waals surface area contributed by atoms with Crippen molar-refractivity contribution in [2.24, 2.45) is 0 Å². The predicted molar refractivity (Wildman–Crippen MR) is 86.8 cm³/mol. The lowest BCUT2D eigenvalue weighted by Gasteiger charge is -2.22. The second-order valence-corrected chi connectivity index (χ2v) is 6.03. The van der Waals surface area contributed by atoms with Crippen LogP contribution in [0.2, 0.25) is 0 Å². The third-order valence-electron chi connectivity index (χ3n) is 4.24. The molecule has 0 amide bonds. The molecule has 21 heavy (non-hydrogen) atoms. The van der Waals surface area contributed by atoms with Crippen molar-refractivity contribution in [1.82, 2.24) is 4.90 Å². The van der Waals surface area contributed by atoms with Crippen LogP contribution in [-0.4, -0.2) is 36.2 Å². The SMILES string of the molecule is CCOc1ccc(C)cc1C(O)CCN1CCCCCC1. The molecule has 1 aliphatic rings. The summed E-state index contributed by atoms with van der Waals surface area (Å²) in [5.74, 6) is 0.825. The molecule has 0 radical (unpaired) electrons. The van der Waals surface area contributed by atoms with E-state index in [2.05, 4.69) is 17.9 Å². The van der Waals surface area contributed by atoms with Crippen LogP contribution in [0.15, 0.2) is 18.2 Å². The van der Waals surface area contributed by atoms with E-state index in [1.54, 1.807) is 0 Å². The van der Waals surface area contributed by atoms with Crippen molar-refractivity contribution in [1.29, 1.82) is 0 Å². The summed E-state index contributed by atoms with van der Waals surface area (Å²) in [5, 5.41) is 10.5. The Morgan fingerprint density at radius 3 is 2.57 bits per heavy atom. The molecule has 1 aliphatic heterocycles. The van der Waals surface area contributed by atoms with Gasteiger partial charge in [-0.25, -0.2) is 0 Å². The number of aliphatic hydroxyl groups excluding tert-OH is 1. The lowest BCUT2D eigenvalue weighted by molar-refractivity contribution is 0.139. The summed E-state index contributed by atoms with van der Waals surface area (Å²) in [4.78, 5) is 2.49. The molecule has 0 aliphatic carbocycles. The number of aliphatic hydroxyl groups is 1. The van der Waals surface area contributed by atoms with Crippen LogP contribution < -0.4 is 4.74 Å². The lowest BCUT2D eigenvalue weighted by atomic mass is 10.0. The van der Waals surface area contributed by atoms with Gasteiger partial charge in [0.1, 0.15) is 5.75 Å². The third kappa shape index (κ3) is 5.01. The van der Waals surface area contributed by atoms with Crippen LogP contribution in [0.3, 0.4) is 0 Å². The van der Waals surface area contributed by atoms with E-state index < -0.39 is 6.10 Å². The average molecular weight is 291 g/mol. The number of hydrogen-bond acceptors (Lipinski definition) is 3. The quantitative estimate of drug-likeness (QED) is 0.867. The molecule has 0 spiro atoms. The summed E-state index contributed by atoms with van der Waals surface area (Å²) >= 11 is 0. The van der Waals surface area contributed by atoms with Crippen molar-refractivity contribution in [3.05, 3.63) is 29.3 Å². The minimum Gasteiger partial charge on any atom is -0.493 e. The van der Waals surface area contributed by atoms with Gasteiger partial charge in [0.2, 0.25) is 0 Å². The lowest BCUT2D eigenvalue weighted by Crippen LogP contribution is -2.27. The first-order valence-corrected chi connectivity index (χ1v) is 8.34.